The van der Waals surface area contributed by atoms with E-state index in [9.17, 15) is 4.79 Å². The highest BCUT2D eigenvalue weighted by molar-refractivity contribution is 6.11. The molecule has 0 aromatic heterocycles. The Hall–Kier alpha value is -1.44. The highest BCUT2D eigenvalue weighted by atomic mass is 16.1. The van der Waals surface area contributed by atoms with Gasteiger partial charge in [0.15, 0.2) is 0 Å². The number of rotatable bonds is 1. The van der Waals surface area contributed by atoms with E-state index in [1.165, 1.54) is 0 Å². The molecule has 0 radical (unpaired) electrons. The van der Waals surface area contributed by atoms with Crippen molar-refractivity contribution in [2.75, 3.05) is 0 Å². The van der Waals surface area contributed by atoms with Gasteiger partial charge in [-0.3, -0.25) is 4.79 Å². The van der Waals surface area contributed by atoms with Crippen LogP contribution in [0.15, 0.2) is 35.3 Å². The lowest BCUT2D eigenvalue weighted by Gasteiger charge is -2.29. The molecular weight excluding hydrogens is 186 g/mol. The first-order valence-electron chi connectivity index (χ1n) is 5.27. The van der Waals surface area contributed by atoms with E-state index in [2.05, 4.69) is 18.8 Å². The molecule has 0 unspecified atom stereocenters. The van der Waals surface area contributed by atoms with Crippen molar-refractivity contribution < 1.29 is 4.79 Å². The monoisotopic (exact) mass is 201 g/mol. The molecule has 1 amide bonds. The van der Waals surface area contributed by atoms with Crippen LogP contribution in [-0.4, -0.2) is 11.6 Å². The van der Waals surface area contributed by atoms with Crippen molar-refractivity contribution in [2.45, 2.75) is 26.7 Å². The molecule has 0 spiro atoms. The molecule has 0 saturated carbocycles. The number of carbonyl (C=O) groups is 1. The molecule has 15 heavy (non-hydrogen) atoms. The minimum atomic E-state index is 0.00757. The standard InChI is InChI=1S/C13H15NO/c1-13(2)9-8-11(15)14-12(13)10-6-4-3-5-7-10/h3-7H,8-9H2,1-2H3. The number of benzene rings is 1. The first-order valence-corrected chi connectivity index (χ1v) is 5.27. The van der Waals surface area contributed by atoms with E-state index < -0.39 is 0 Å². The van der Waals surface area contributed by atoms with Gasteiger partial charge in [-0.1, -0.05) is 44.2 Å². The van der Waals surface area contributed by atoms with Crippen molar-refractivity contribution in [2.24, 2.45) is 10.4 Å². The third-order valence-electron chi connectivity index (χ3n) is 2.89. The Balaban J connectivity index is 2.46. The number of amides is 1. The van der Waals surface area contributed by atoms with Gasteiger partial charge in [0.1, 0.15) is 0 Å². The summed E-state index contributed by atoms with van der Waals surface area (Å²) in [6, 6.07) is 9.96. The summed E-state index contributed by atoms with van der Waals surface area (Å²) < 4.78 is 0. The van der Waals surface area contributed by atoms with Crippen LogP contribution in [0.5, 0.6) is 0 Å². The fraction of sp³-hybridized carbons (Fsp3) is 0.385. The van der Waals surface area contributed by atoms with Gasteiger partial charge in [-0.15, -0.1) is 0 Å². The van der Waals surface area contributed by atoms with Crippen LogP contribution < -0.4 is 0 Å². The van der Waals surface area contributed by atoms with Gasteiger partial charge in [0.2, 0.25) is 5.91 Å². The Morgan fingerprint density at radius 1 is 1.20 bits per heavy atom. The van der Waals surface area contributed by atoms with Gasteiger partial charge in [-0.05, 0) is 12.0 Å². The predicted molar refractivity (Wildman–Crippen MR) is 61.0 cm³/mol. The molecule has 1 heterocycles. The molecule has 0 aliphatic carbocycles. The van der Waals surface area contributed by atoms with Gasteiger partial charge >= 0.3 is 0 Å². The van der Waals surface area contributed by atoms with Crippen LogP contribution in [0.4, 0.5) is 0 Å². The van der Waals surface area contributed by atoms with Gasteiger partial charge in [-0.25, -0.2) is 4.99 Å². The van der Waals surface area contributed by atoms with Gasteiger partial charge in [0.05, 0.1) is 5.71 Å². The zero-order valence-electron chi connectivity index (χ0n) is 9.16. The van der Waals surface area contributed by atoms with Crippen molar-refractivity contribution in [3.8, 4) is 0 Å². The van der Waals surface area contributed by atoms with Crippen molar-refractivity contribution >= 4 is 11.6 Å². The first kappa shape index (κ1) is 10.1. The molecule has 2 nitrogen and oxygen atoms in total. The van der Waals surface area contributed by atoms with Crippen molar-refractivity contribution in [1.29, 1.82) is 0 Å². The van der Waals surface area contributed by atoms with Gasteiger partial charge in [0, 0.05) is 11.8 Å². The second-order valence-corrected chi connectivity index (χ2v) is 4.60. The maximum Gasteiger partial charge on any atom is 0.245 e. The van der Waals surface area contributed by atoms with Gasteiger partial charge in [0.25, 0.3) is 0 Å². The third-order valence-corrected chi connectivity index (χ3v) is 2.89. The summed E-state index contributed by atoms with van der Waals surface area (Å²) >= 11 is 0. The van der Waals surface area contributed by atoms with E-state index >= 15 is 0 Å². The topological polar surface area (TPSA) is 29.4 Å². The quantitative estimate of drug-likeness (QED) is 0.687. The largest absolute Gasteiger partial charge is 0.273 e. The van der Waals surface area contributed by atoms with E-state index in [1.807, 2.05) is 30.3 Å². The van der Waals surface area contributed by atoms with Crippen molar-refractivity contribution in [1.82, 2.24) is 0 Å². The normalized spacial score (nSPS) is 19.9. The fourth-order valence-corrected chi connectivity index (χ4v) is 1.92. The molecule has 0 fully saturated rings. The zero-order chi connectivity index (χ0) is 10.9. The van der Waals surface area contributed by atoms with E-state index in [4.69, 9.17) is 0 Å². The number of hydrogen-bond acceptors (Lipinski definition) is 1. The number of aliphatic imine (C=N–C) groups is 1. The van der Waals surface area contributed by atoms with E-state index in [0.29, 0.717) is 6.42 Å². The Labute approximate surface area is 90.0 Å². The summed E-state index contributed by atoms with van der Waals surface area (Å²) in [6.07, 6.45) is 1.46. The molecule has 0 N–H and O–H groups in total. The van der Waals surface area contributed by atoms with E-state index in [0.717, 1.165) is 17.7 Å². The minimum Gasteiger partial charge on any atom is -0.273 e. The molecule has 1 aliphatic rings. The van der Waals surface area contributed by atoms with Crippen molar-refractivity contribution in [3.05, 3.63) is 35.9 Å². The van der Waals surface area contributed by atoms with Gasteiger partial charge < -0.3 is 0 Å². The van der Waals surface area contributed by atoms with E-state index in [1.54, 1.807) is 0 Å². The average Bonchev–Trinajstić information content (AvgIpc) is 2.23. The average molecular weight is 201 g/mol. The third kappa shape index (κ3) is 1.99. The molecule has 0 atom stereocenters. The van der Waals surface area contributed by atoms with E-state index in [-0.39, 0.29) is 11.3 Å². The molecule has 1 aromatic rings. The lowest BCUT2D eigenvalue weighted by atomic mass is 9.77. The lowest BCUT2D eigenvalue weighted by molar-refractivity contribution is -0.118. The second-order valence-electron chi connectivity index (χ2n) is 4.60. The van der Waals surface area contributed by atoms with Crippen LogP contribution in [0, 0.1) is 5.41 Å². The molecule has 78 valence electrons. The fourth-order valence-electron chi connectivity index (χ4n) is 1.92. The molecule has 2 heteroatoms. The summed E-state index contributed by atoms with van der Waals surface area (Å²) in [6.45, 7) is 4.29. The van der Waals surface area contributed by atoms with Crippen LogP contribution in [0.3, 0.4) is 0 Å². The first-order chi connectivity index (χ1) is 7.09. The highest BCUT2D eigenvalue weighted by Crippen LogP contribution is 2.31. The maximum atomic E-state index is 11.3. The Bertz CT molecular complexity index is 404. The minimum absolute atomic E-state index is 0.00757. The Kier molecular flexibility index (Phi) is 2.43. The summed E-state index contributed by atoms with van der Waals surface area (Å²) in [5.41, 5.74) is 2.00. The summed E-state index contributed by atoms with van der Waals surface area (Å²) in [5, 5.41) is 0. The molecule has 0 bridgehead atoms. The smallest absolute Gasteiger partial charge is 0.245 e. The Morgan fingerprint density at radius 3 is 2.53 bits per heavy atom. The SMILES string of the molecule is CC1(C)CCC(=O)N=C1c1ccccc1. The number of hydrogen-bond donors (Lipinski definition) is 0. The second kappa shape index (κ2) is 3.61. The molecule has 2 rings (SSSR count). The van der Waals surface area contributed by atoms with Crippen LogP contribution in [0.2, 0.25) is 0 Å². The van der Waals surface area contributed by atoms with Crippen LogP contribution >= 0.6 is 0 Å². The van der Waals surface area contributed by atoms with Gasteiger partial charge in [-0.2, -0.15) is 0 Å². The summed E-state index contributed by atoms with van der Waals surface area (Å²) in [5.74, 6) is 0.00757. The van der Waals surface area contributed by atoms with Crippen LogP contribution in [0.1, 0.15) is 32.3 Å². The number of carbonyl (C=O) groups excluding carboxylic acids is 1. The summed E-state index contributed by atoms with van der Waals surface area (Å²) in [4.78, 5) is 15.5. The molecule has 1 aromatic carbocycles. The molecule has 1 aliphatic heterocycles. The lowest BCUT2D eigenvalue weighted by Crippen LogP contribution is -2.30. The highest BCUT2D eigenvalue weighted by Gasteiger charge is 2.31. The Morgan fingerprint density at radius 2 is 1.87 bits per heavy atom. The number of nitrogens with zero attached hydrogens (tertiary/aromatic N) is 1. The zero-order valence-corrected chi connectivity index (χ0v) is 9.16. The maximum absolute atomic E-state index is 11.3. The van der Waals surface area contributed by atoms with Crippen molar-refractivity contribution in [3.63, 3.8) is 0 Å². The predicted octanol–water partition coefficient (Wildman–Crippen LogP) is 2.82. The van der Waals surface area contributed by atoms with Crippen LogP contribution in [-0.2, 0) is 4.79 Å². The summed E-state index contributed by atoms with van der Waals surface area (Å²) in [7, 11) is 0. The van der Waals surface area contributed by atoms with Crippen LogP contribution in [0.25, 0.3) is 0 Å². The molecule has 0 saturated heterocycles. The molecular formula is C13H15NO.